The summed E-state index contributed by atoms with van der Waals surface area (Å²) in [6, 6.07) is 14.7. The second-order valence-corrected chi connectivity index (χ2v) is 6.87. The van der Waals surface area contributed by atoms with E-state index in [9.17, 15) is 14.7 Å². The highest BCUT2D eigenvalue weighted by molar-refractivity contribution is 9.10. The van der Waals surface area contributed by atoms with Crippen LogP contribution < -0.4 is 4.90 Å². The molecule has 1 atom stereocenters. The minimum Gasteiger partial charge on any atom is -0.375 e. The number of aliphatic hydroxyl groups is 1. The Labute approximate surface area is 154 Å². The molecule has 0 saturated carbocycles. The first-order valence-electron chi connectivity index (χ1n) is 8.06. The van der Waals surface area contributed by atoms with Gasteiger partial charge < -0.3 is 10.0 Å². The maximum atomic E-state index is 12.7. The van der Waals surface area contributed by atoms with E-state index in [-0.39, 0.29) is 12.2 Å². The van der Waals surface area contributed by atoms with E-state index in [1.165, 1.54) is 11.0 Å². The lowest BCUT2D eigenvalue weighted by atomic mass is 9.89. The van der Waals surface area contributed by atoms with E-state index in [1.54, 1.807) is 18.2 Å². The van der Waals surface area contributed by atoms with Gasteiger partial charge in [-0.2, -0.15) is 0 Å². The van der Waals surface area contributed by atoms with Crippen LogP contribution in [0.5, 0.6) is 0 Å². The van der Waals surface area contributed by atoms with E-state index in [0.29, 0.717) is 17.8 Å². The minimum atomic E-state index is -1.83. The monoisotopic (exact) mass is 399 g/mol. The van der Waals surface area contributed by atoms with Crippen LogP contribution in [0.15, 0.2) is 59.1 Å². The number of allylic oxidation sites excluding steroid dienone is 1. The van der Waals surface area contributed by atoms with Gasteiger partial charge in [-0.15, -0.1) is 0 Å². The number of likely N-dealkylation sites (N-methyl/N-ethyl adjacent to an activating group) is 1. The second kappa shape index (κ2) is 6.94. The molecule has 5 heteroatoms. The van der Waals surface area contributed by atoms with Crippen molar-refractivity contribution in [1.29, 1.82) is 0 Å². The largest absolute Gasteiger partial charge is 0.375 e. The molecule has 0 fully saturated rings. The van der Waals surface area contributed by atoms with Gasteiger partial charge in [0.1, 0.15) is 0 Å². The molecule has 1 aliphatic heterocycles. The standard InChI is InChI=1S/C20H18BrNO3/c1-2-22-18-11-9-15(21)12-17(18)20(25,19(22)24)13-16(23)10-8-14-6-4-3-5-7-14/h3-12,25H,2,13H2,1H3/b10-8+. The average Bonchev–Trinajstić information content (AvgIpc) is 2.81. The van der Waals surface area contributed by atoms with E-state index in [1.807, 2.05) is 43.3 Å². The third-order valence-corrected chi connectivity index (χ3v) is 4.79. The molecule has 4 nitrogen and oxygen atoms in total. The molecule has 1 aliphatic rings. The first kappa shape index (κ1) is 17.6. The molecule has 2 aromatic rings. The molecule has 1 heterocycles. The van der Waals surface area contributed by atoms with Crippen LogP contribution in [0, 0.1) is 0 Å². The number of fused-ring (bicyclic) bond motifs is 1. The lowest BCUT2D eigenvalue weighted by molar-refractivity contribution is -0.140. The molecule has 1 N–H and O–H groups in total. The summed E-state index contributed by atoms with van der Waals surface area (Å²) < 4.78 is 0.753. The van der Waals surface area contributed by atoms with Gasteiger partial charge in [0.05, 0.1) is 12.1 Å². The van der Waals surface area contributed by atoms with E-state index < -0.39 is 11.5 Å². The molecular weight excluding hydrogens is 382 g/mol. The van der Waals surface area contributed by atoms with Crippen molar-refractivity contribution < 1.29 is 14.7 Å². The number of carbonyl (C=O) groups excluding carboxylic acids is 2. The molecule has 128 valence electrons. The Morgan fingerprint density at radius 1 is 1.24 bits per heavy atom. The lowest BCUT2D eigenvalue weighted by Crippen LogP contribution is -2.41. The van der Waals surface area contributed by atoms with E-state index in [0.717, 1.165) is 10.0 Å². The molecule has 0 spiro atoms. The molecule has 25 heavy (non-hydrogen) atoms. The van der Waals surface area contributed by atoms with Crippen LogP contribution >= 0.6 is 15.9 Å². The van der Waals surface area contributed by atoms with Crippen LogP contribution in [-0.4, -0.2) is 23.3 Å². The molecule has 0 radical (unpaired) electrons. The number of rotatable bonds is 5. The number of amides is 1. The van der Waals surface area contributed by atoms with Crippen molar-refractivity contribution in [3.05, 3.63) is 70.2 Å². The minimum absolute atomic E-state index is 0.283. The first-order chi connectivity index (χ1) is 12.0. The van der Waals surface area contributed by atoms with Crippen LogP contribution in [0.1, 0.15) is 24.5 Å². The highest BCUT2D eigenvalue weighted by Gasteiger charge is 2.50. The van der Waals surface area contributed by atoms with Gasteiger partial charge in [-0.1, -0.05) is 52.3 Å². The Bertz CT molecular complexity index is 847. The molecule has 0 aliphatic carbocycles. The van der Waals surface area contributed by atoms with Gasteiger partial charge >= 0.3 is 0 Å². The van der Waals surface area contributed by atoms with Crippen molar-refractivity contribution in [1.82, 2.24) is 0 Å². The summed E-state index contributed by atoms with van der Waals surface area (Å²) in [6.45, 7) is 2.27. The number of nitrogens with zero attached hydrogens (tertiary/aromatic N) is 1. The number of carbonyl (C=O) groups is 2. The summed E-state index contributed by atoms with van der Waals surface area (Å²) in [5.41, 5.74) is 0.180. The fourth-order valence-electron chi connectivity index (χ4n) is 3.07. The van der Waals surface area contributed by atoms with Crippen molar-refractivity contribution in [3.63, 3.8) is 0 Å². The quantitative estimate of drug-likeness (QED) is 0.780. The van der Waals surface area contributed by atoms with Gasteiger partial charge in [0, 0.05) is 16.6 Å². The Morgan fingerprint density at radius 3 is 2.64 bits per heavy atom. The molecule has 1 amide bonds. The van der Waals surface area contributed by atoms with Crippen molar-refractivity contribution in [2.24, 2.45) is 0 Å². The Hall–Kier alpha value is -2.24. The summed E-state index contributed by atoms with van der Waals surface area (Å²) in [7, 11) is 0. The summed E-state index contributed by atoms with van der Waals surface area (Å²) in [5, 5.41) is 11.0. The number of hydrogen-bond donors (Lipinski definition) is 1. The summed E-state index contributed by atoms with van der Waals surface area (Å²) in [5.74, 6) is -0.756. The second-order valence-electron chi connectivity index (χ2n) is 5.96. The molecule has 2 aromatic carbocycles. The van der Waals surface area contributed by atoms with Crippen LogP contribution in [0.4, 0.5) is 5.69 Å². The third-order valence-electron chi connectivity index (χ3n) is 4.30. The predicted octanol–water partition coefficient (Wildman–Crippen LogP) is 3.68. The summed E-state index contributed by atoms with van der Waals surface area (Å²) in [4.78, 5) is 26.6. The van der Waals surface area contributed by atoms with E-state index in [2.05, 4.69) is 15.9 Å². The topological polar surface area (TPSA) is 57.6 Å². The first-order valence-corrected chi connectivity index (χ1v) is 8.85. The number of halogens is 1. The molecule has 0 bridgehead atoms. The number of ketones is 1. The predicted molar refractivity (Wildman–Crippen MR) is 101 cm³/mol. The van der Waals surface area contributed by atoms with Crippen LogP contribution in [-0.2, 0) is 15.2 Å². The van der Waals surface area contributed by atoms with Gasteiger partial charge in [-0.3, -0.25) is 9.59 Å². The zero-order valence-corrected chi connectivity index (χ0v) is 15.4. The van der Waals surface area contributed by atoms with Crippen LogP contribution in [0.25, 0.3) is 6.08 Å². The number of hydrogen-bond acceptors (Lipinski definition) is 3. The maximum Gasteiger partial charge on any atom is 0.264 e. The van der Waals surface area contributed by atoms with E-state index >= 15 is 0 Å². The Balaban J connectivity index is 1.88. The Morgan fingerprint density at radius 2 is 1.96 bits per heavy atom. The Kier molecular flexibility index (Phi) is 4.88. The van der Waals surface area contributed by atoms with Crippen molar-refractivity contribution >= 4 is 39.4 Å². The SMILES string of the molecule is CCN1C(=O)C(O)(CC(=O)/C=C/c2ccccc2)c2cc(Br)ccc21. The smallest absolute Gasteiger partial charge is 0.264 e. The normalized spacial score (nSPS) is 19.5. The fraction of sp³-hybridized carbons (Fsp3) is 0.200. The highest BCUT2D eigenvalue weighted by atomic mass is 79.9. The van der Waals surface area contributed by atoms with Gasteiger partial charge in [0.2, 0.25) is 0 Å². The molecular formula is C20H18BrNO3. The van der Waals surface area contributed by atoms with Gasteiger partial charge in [0.25, 0.3) is 5.91 Å². The highest BCUT2D eigenvalue weighted by Crippen LogP contribution is 2.43. The third kappa shape index (κ3) is 3.30. The molecule has 0 saturated heterocycles. The maximum absolute atomic E-state index is 12.7. The zero-order valence-electron chi connectivity index (χ0n) is 13.8. The van der Waals surface area contributed by atoms with Crippen LogP contribution in [0.3, 0.4) is 0 Å². The average molecular weight is 400 g/mol. The van der Waals surface area contributed by atoms with Gasteiger partial charge in [0.15, 0.2) is 11.4 Å². The van der Waals surface area contributed by atoms with Crippen molar-refractivity contribution in [3.8, 4) is 0 Å². The van der Waals surface area contributed by atoms with Crippen molar-refractivity contribution in [2.75, 3.05) is 11.4 Å². The van der Waals surface area contributed by atoms with Crippen molar-refractivity contribution in [2.45, 2.75) is 18.9 Å². The van der Waals surface area contributed by atoms with Gasteiger partial charge in [-0.25, -0.2) is 0 Å². The molecule has 3 rings (SSSR count). The summed E-state index contributed by atoms with van der Waals surface area (Å²) >= 11 is 3.37. The van der Waals surface area contributed by atoms with Crippen LogP contribution in [0.2, 0.25) is 0 Å². The number of benzene rings is 2. The zero-order chi connectivity index (χ0) is 18.0. The summed E-state index contributed by atoms with van der Waals surface area (Å²) in [6.07, 6.45) is 2.81. The molecule has 0 aromatic heterocycles. The van der Waals surface area contributed by atoms with E-state index in [4.69, 9.17) is 0 Å². The number of anilines is 1. The van der Waals surface area contributed by atoms with Gasteiger partial charge in [-0.05, 0) is 36.8 Å². The fourth-order valence-corrected chi connectivity index (χ4v) is 3.43. The molecule has 1 unspecified atom stereocenters. The lowest BCUT2D eigenvalue weighted by Gasteiger charge is -2.21.